The number of nitrogens with zero attached hydrogens (tertiary/aromatic N) is 1. The third-order valence-corrected chi connectivity index (χ3v) is 3.92. The highest BCUT2D eigenvalue weighted by Crippen LogP contribution is 2.24. The molecule has 3 heteroatoms. The number of hydrogen-bond acceptors (Lipinski definition) is 2. The fourth-order valence-electron chi connectivity index (χ4n) is 2.25. The second-order valence-electron chi connectivity index (χ2n) is 4.60. The zero-order chi connectivity index (χ0) is 12.3. The van der Waals surface area contributed by atoms with Gasteiger partial charge in [0.1, 0.15) is 0 Å². The highest BCUT2D eigenvalue weighted by molar-refractivity contribution is 9.10. The summed E-state index contributed by atoms with van der Waals surface area (Å²) in [6.45, 7) is 5.01. The van der Waals surface area contributed by atoms with Crippen LogP contribution in [0, 0.1) is 0 Å². The molecule has 0 aromatic heterocycles. The Morgan fingerprint density at radius 1 is 1.35 bits per heavy atom. The van der Waals surface area contributed by atoms with E-state index in [-0.39, 0.29) is 0 Å². The average molecular weight is 295 g/mol. The van der Waals surface area contributed by atoms with Crippen LogP contribution in [0.15, 0.2) is 40.4 Å². The average Bonchev–Trinajstić information content (AvgIpc) is 2.35. The van der Waals surface area contributed by atoms with Crippen molar-refractivity contribution < 1.29 is 0 Å². The molecule has 1 atom stereocenters. The Hall–Kier alpha value is -0.640. The van der Waals surface area contributed by atoms with E-state index in [1.807, 2.05) is 0 Å². The number of nitrogens with two attached hydrogens (primary N) is 1. The minimum absolute atomic E-state index is 0.340. The molecule has 0 saturated carbocycles. The van der Waals surface area contributed by atoms with Crippen molar-refractivity contribution >= 4 is 15.9 Å². The van der Waals surface area contributed by atoms with Gasteiger partial charge in [0.2, 0.25) is 0 Å². The maximum Gasteiger partial charge on any atom is 0.0473 e. The lowest BCUT2D eigenvalue weighted by atomic mass is 10.0. The lowest BCUT2D eigenvalue weighted by molar-refractivity contribution is 0.217. The third kappa shape index (κ3) is 3.18. The van der Waals surface area contributed by atoms with Crippen molar-refractivity contribution in [1.29, 1.82) is 0 Å². The van der Waals surface area contributed by atoms with E-state index in [9.17, 15) is 0 Å². The Kier molecular flexibility index (Phi) is 4.37. The smallest absolute Gasteiger partial charge is 0.0473 e. The summed E-state index contributed by atoms with van der Waals surface area (Å²) in [5.74, 6) is 0. The van der Waals surface area contributed by atoms with Gasteiger partial charge in [-0.3, -0.25) is 4.90 Å². The SMILES string of the molecule is CC1=CCN(C(CN)c2ccc(Br)cc2)CC1. The fraction of sp³-hybridized carbons (Fsp3) is 0.429. The van der Waals surface area contributed by atoms with E-state index in [0.717, 1.165) is 24.0 Å². The van der Waals surface area contributed by atoms with Crippen LogP contribution < -0.4 is 5.73 Å². The molecule has 0 spiro atoms. The first-order valence-corrected chi connectivity index (χ1v) is 6.85. The Balaban J connectivity index is 2.13. The molecule has 2 rings (SSSR count). The second kappa shape index (κ2) is 5.80. The number of rotatable bonds is 3. The first-order chi connectivity index (χ1) is 8.20. The predicted molar refractivity (Wildman–Crippen MR) is 75.9 cm³/mol. The van der Waals surface area contributed by atoms with Crippen LogP contribution in [0.2, 0.25) is 0 Å². The van der Waals surface area contributed by atoms with Gasteiger partial charge in [0, 0.05) is 30.1 Å². The number of hydrogen-bond donors (Lipinski definition) is 1. The van der Waals surface area contributed by atoms with Crippen molar-refractivity contribution in [2.24, 2.45) is 5.73 Å². The molecule has 0 amide bonds. The monoisotopic (exact) mass is 294 g/mol. The van der Waals surface area contributed by atoms with Crippen LogP contribution in [0.1, 0.15) is 24.9 Å². The summed E-state index contributed by atoms with van der Waals surface area (Å²) >= 11 is 3.47. The zero-order valence-corrected chi connectivity index (χ0v) is 11.8. The summed E-state index contributed by atoms with van der Waals surface area (Å²) in [4.78, 5) is 2.45. The van der Waals surface area contributed by atoms with Crippen LogP contribution in [0.3, 0.4) is 0 Å². The third-order valence-electron chi connectivity index (χ3n) is 3.39. The molecule has 2 N–H and O–H groups in total. The van der Waals surface area contributed by atoms with Crippen LogP contribution in [0.25, 0.3) is 0 Å². The van der Waals surface area contributed by atoms with Gasteiger partial charge in [0.25, 0.3) is 0 Å². The van der Waals surface area contributed by atoms with Crippen LogP contribution >= 0.6 is 15.9 Å². The highest BCUT2D eigenvalue weighted by Gasteiger charge is 2.20. The van der Waals surface area contributed by atoms with Crippen molar-refractivity contribution in [3.05, 3.63) is 46.0 Å². The van der Waals surface area contributed by atoms with Crippen molar-refractivity contribution in [1.82, 2.24) is 4.90 Å². The van der Waals surface area contributed by atoms with Gasteiger partial charge < -0.3 is 5.73 Å². The molecule has 0 bridgehead atoms. The first-order valence-electron chi connectivity index (χ1n) is 6.06. The van der Waals surface area contributed by atoms with Crippen molar-refractivity contribution in [2.75, 3.05) is 19.6 Å². The van der Waals surface area contributed by atoms with Gasteiger partial charge in [-0.2, -0.15) is 0 Å². The largest absolute Gasteiger partial charge is 0.329 e. The Morgan fingerprint density at radius 3 is 2.59 bits per heavy atom. The van der Waals surface area contributed by atoms with E-state index < -0.39 is 0 Å². The lowest BCUT2D eigenvalue weighted by Gasteiger charge is -2.33. The number of halogens is 1. The molecule has 17 heavy (non-hydrogen) atoms. The van der Waals surface area contributed by atoms with E-state index >= 15 is 0 Å². The normalized spacial score (nSPS) is 18.9. The van der Waals surface area contributed by atoms with Crippen LogP contribution in [-0.4, -0.2) is 24.5 Å². The molecule has 1 aromatic rings. The minimum atomic E-state index is 0.340. The van der Waals surface area contributed by atoms with Gasteiger partial charge in [-0.15, -0.1) is 0 Å². The molecule has 1 heterocycles. The molecule has 0 saturated heterocycles. The topological polar surface area (TPSA) is 29.3 Å². The van der Waals surface area contributed by atoms with Gasteiger partial charge >= 0.3 is 0 Å². The molecule has 1 aromatic carbocycles. The van der Waals surface area contributed by atoms with Crippen molar-refractivity contribution in [2.45, 2.75) is 19.4 Å². The fourth-order valence-corrected chi connectivity index (χ4v) is 2.51. The maximum atomic E-state index is 5.93. The molecule has 92 valence electrons. The summed E-state index contributed by atoms with van der Waals surface area (Å²) in [5.41, 5.74) is 8.74. The Labute approximate surface area is 112 Å². The lowest BCUT2D eigenvalue weighted by Crippen LogP contribution is -2.36. The molecule has 1 aliphatic rings. The van der Waals surface area contributed by atoms with E-state index in [1.54, 1.807) is 0 Å². The molecule has 0 aliphatic carbocycles. The Bertz CT molecular complexity index is 397. The molecule has 0 radical (unpaired) electrons. The molecular formula is C14H19BrN2. The summed E-state index contributed by atoms with van der Waals surface area (Å²) in [6.07, 6.45) is 3.47. The van der Waals surface area contributed by atoms with Crippen molar-refractivity contribution in [3.63, 3.8) is 0 Å². The molecule has 1 aliphatic heterocycles. The first kappa shape index (κ1) is 12.8. The summed E-state index contributed by atoms with van der Waals surface area (Å²) in [7, 11) is 0. The van der Waals surface area contributed by atoms with Gasteiger partial charge in [-0.1, -0.05) is 39.7 Å². The van der Waals surface area contributed by atoms with Crippen LogP contribution in [0.4, 0.5) is 0 Å². The van der Waals surface area contributed by atoms with Gasteiger partial charge in [-0.05, 0) is 31.0 Å². The second-order valence-corrected chi connectivity index (χ2v) is 5.51. The van der Waals surface area contributed by atoms with E-state index in [2.05, 4.69) is 58.1 Å². The minimum Gasteiger partial charge on any atom is -0.329 e. The highest BCUT2D eigenvalue weighted by atomic mass is 79.9. The maximum absolute atomic E-state index is 5.93. The standard InChI is InChI=1S/C14H19BrN2/c1-11-6-8-17(9-7-11)14(10-16)12-2-4-13(15)5-3-12/h2-6,14H,7-10,16H2,1H3. The van der Waals surface area contributed by atoms with Gasteiger partial charge in [0.15, 0.2) is 0 Å². The zero-order valence-electron chi connectivity index (χ0n) is 10.2. The van der Waals surface area contributed by atoms with E-state index in [1.165, 1.54) is 11.1 Å². The summed E-state index contributed by atoms with van der Waals surface area (Å²) < 4.78 is 1.12. The summed E-state index contributed by atoms with van der Waals surface area (Å²) in [6, 6.07) is 8.83. The van der Waals surface area contributed by atoms with Gasteiger partial charge in [-0.25, -0.2) is 0 Å². The van der Waals surface area contributed by atoms with Crippen molar-refractivity contribution in [3.8, 4) is 0 Å². The Morgan fingerprint density at radius 2 is 2.06 bits per heavy atom. The summed E-state index contributed by atoms with van der Waals surface area (Å²) in [5, 5.41) is 0. The van der Waals surface area contributed by atoms with E-state index in [0.29, 0.717) is 12.6 Å². The van der Waals surface area contributed by atoms with Gasteiger partial charge in [0.05, 0.1) is 0 Å². The molecule has 2 nitrogen and oxygen atoms in total. The predicted octanol–water partition coefficient (Wildman–Crippen LogP) is 3.10. The molecule has 1 unspecified atom stereocenters. The molecular weight excluding hydrogens is 276 g/mol. The van der Waals surface area contributed by atoms with Crippen LogP contribution in [0.5, 0.6) is 0 Å². The quantitative estimate of drug-likeness (QED) is 0.868. The van der Waals surface area contributed by atoms with E-state index in [4.69, 9.17) is 5.73 Å². The van der Waals surface area contributed by atoms with Crippen LogP contribution in [-0.2, 0) is 0 Å². The molecule has 0 fully saturated rings. The number of benzene rings is 1.